The zero-order valence-electron chi connectivity index (χ0n) is 4.38. The third-order valence-corrected chi connectivity index (χ3v) is 2.11. The Morgan fingerprint density at radius 3 is 2.67 bits per heavy atom. The topological polar surface area (TPSA) is 24.1 Å². The lowest BCUT2D eigenvalue weighted by Crippen LogP contribution is -2.31. The number of rotatable bonds is 0. The zero-order valence-corrected chi connectivity index (χ0v) is 8.13. The van der Waals surface area contributed by atoms with Gasteiger partial charge in [-0.15, -0.1) is 0 Å². The van der Waals surface area contributed by atoms with E-state index < -0.39 is 0 Å². The highest BCUT2D eigenvalue weighted by Gasteiger charge is 2.03. The van der Waals surface area contributed by atoms with Crippen molar-refractivity contribution in [1.82, 2.24) is 0 Å². The number of pyridine rings is 1. The second-order valence-corrected chi connectivity index (χ2v) is 3.57. The van der Waals surface area contributed by atoms with Gasteiger partial charge in [-0.1, -0.05) is 0 Å². The molecular weight excluding hydrogens is 297 g/mol. The Balaban J connectivity index is 3.17. The Bertz CT molecular complexity index is 228. The molecule has 0 amide bonds. The number of hydrogen-bond acceptors (Lipinski definition) is 1. The fourth-order valence-electron chi connectivity index (χ4n) is 0.446. The van der Waals surface area contributed by atoms with E-state index >= 15 is 0 Å². The van der Waals surface area contributed by atoms with E-state index in [0.29, 0.717) is 4.60 Å². The third kappa shape index (κ3) is 1.79. The molecule has 0 saturated carbocycles. The Morgan fingerprint density at radius 1 is 1.56 bits per heavy atom. The van der Waals surface area contributed by atoms with Crippen molar-refractivity contribution in [2.24, 2.45) is 0 Å². The third-order valence-electron chi connectivity index (χ3n) is 0.845. The van der Waals surface area contributed by atoms with E-state index in [2.05, 4.69) is 38.5 Å². The van der Waals surface area contributed by atoms with Crippen LogP contribution in [0.1, 0.15) is 0 Å². The van der Waals surface area contributed by atoms with Gasteiger partial charge in [0.1, 0.15) is 0 Å². The zero-order chi connectivity index (χ0) is 6.85. The van der Waals surface area contributed by atoms with Crippen molar-refractivity contribution in [1.29, 1.82) is 0 Å². The van der Waals surface area contributed by atoms with Gasteiger partial charge in [0.25, 0.3) is 4.60 Å². The average molecular weight is 301 g/mol. The van der Waals surface area contributed by atoms with Crippen LogP contribution in [0.3, 0.4) is 0 Å². The van der Waals surface area contributed by atoms with Crippen LogP contribution < -0.4 is 4.73 Å². The van der Waals surface area contributed by atoms with E-state index in [1.54, 1.807) is 12.3 Å². The molecule has 0 unspecified atom stereocenters. The van der Waals surface area contributed by atoms with E-state index in [-0.39, 0.29) is 0 Å². The summed E-state index contributed by atoms with van der Waals surface area (Å²) in [6.45, 7) is 0. The van der Waals surface area contributed by atoms with Gasteiger partial charge in [0.15, 0.2) is 0 Å². The Morgan fingerprint density at radius 2 is 2.22 bits per heavy atom. The minimum Gasteiger partial charge on any atom is -0.284 e. The molecule has 0 spiro atoms. The van der Waals surface area contributed by atoms with Gasteiger partial charge in [0.05, 0.1) is 3.57 Å². The van der Waals surface area contributed by atoms with Crippen LogP contribution in [0.2, 0.25) is 0 Å². The van der Waals surface area contributed by atoms with Crippen molar-refractivity contribution in [2.75, 3.05) is 0 Å². The van der Waals surface area contributed by atoms with Gasteiger partial charge < -0.3 is 0 Å². The maximum Gasteiger partial charge on any atom is 0.298 e. The van der Waals surface area contributed by atoms with Crippen LogP contribution in [0.4, 0.5) is 0 Å². The van der Waals surface area contributed by atoms with E-state index in [4.69, 9.17) is 5.21 Å². The molecule has 0 atom stereocenters. The fourth-order valence-corrected chi connectivity index (χ4v) is 1.12. The molecule has 0 saturated heterocycles. The summed E-state index contributed by atoms with van der Waals surface area (Å²) in [5, 5.41) is 8.97. The highest BCUT2D eigenvalue weighted by Crippen LogP contribution is 2.05. The molecule has 0 radical (unpaired) electrons. The first kappa shape index (κ1) is 7.27. The second-order valence-electron chi connectivity index (χ2n) is 1.51. The highest BCUT2D eigenvalue weighted by atomic mass is 127. The summed E-state index contributed by atoms with van der Waals surface area (Å²) in [6, 6.07) is 3.68. The van der Waals surface area contributed by atoms with Crippen LogP contribution in [0, 0.1) is 3.57 Å². The van der Waals surface area contributed by atoms with Crippen molar-refractivity contribution in [3.05, 3.63) is 26.5 Å². The molecule has 4 heteroatoms. The van der Waals surface area contributed by atoms with Gasteiger partial charge in [0, 0.05) is 26.7 Å². The Labute approximate surface area is 74.7 Å². The molecule has 1 aromatic heterocycles. The lowest BCUT2D eigenvalue weighted by atomic mass is 10.5. The molecule has 48 valence electrons. The number of halogens is 2. The largest absolute Gasteiger partial charge is 0.298 e. The first-order chi connectivity index (χ1) is 4.20. The molecular formula is C5H4BrINO+. The van der Waals surface area contributed by atoms with Crippen LogP contribution in [0.25, 0.3) is 0 Å². The van der Waals surface area contributed by atoms with Crippen LogP contribution in [0.15, 0.2) is 22.9 Å². The van der Waals surface area contributed by atoms with Crippen LogP contribution in [-0.2, 0) is 0 Å². The first-order valence-corrected chi connectivity index (χ1v) is 4.13. The van der Waals surface area contributed by atoms with Gasteiger partial charge in [-0.25, -0.2) is 0 Å². The van der Waals surface area contributed by atoms with Gasteiger partial charge in [0.2, 0.25) is 6.20 Å². The lowest BCUT2D eigenvalue weighted by Gasteiger charge is -1.85. The summed E-state index contributed by atoms with van der Waals surface area (Å²) in [4.78, 5) is 0. The molecule has 0 bridgehead atoms. The van der Waals surface area contributed by atoms with Gasteiger partial charge in [-0.05, 0) is 28.7 Å². The molecule has 0 aromatic carbocycles. The summed E-state index contributed by atoms with van der Waals surface area (Å²) in [7, 11) is 0. The summed E-state index contributed by atoms with van der Waals surface area (Å²) in [5.74, 6) is 0. The Hall–Kier alpha value is 0.160. The van der Waals surface area contributed by atoms with Crippen LogP contribution in [0.5, 0.6) is 0 Å². The quantitative estimate of drug-likeness (QED) is 0.334. The van der Waals surface area contributed by atoms with Crippen molar-refractivity contribution in [3.63, 3.8) is 0 Å². The van der Waals surface area contributed by atoms with Crippen molar-refractivity contribution in [3.8, 4) is 0 Å². The lowest BCUT2D eigenvalue weighted by molar-refractivity contribution is -0.913. The SMILES string of the molecule is O[n+]1cc(I)ccc1Br. The van der Waals surface area contributed by atoms with E-state index in [0.717, 1.165) is 8.30 Å². The molecule has 2 nitrogen and oxygen atoms in total. The normalized spacial score (nSPS) is 9.56. The van der Waals surface area contributed by atoms with Crippen molar-refractivity contribution < 1.29 is 9.94 Å². The van der Waals surface area contributed by atoms with E-state index in [1.165, 1.54) is 0 Å². The fraction of sp³-hybridized carbons (Fsp3) is 0. The molecule has 0 aliphatic rings. The molecule has 1 heterocycles. The smallest absolute Gasteiger partial charge is 0.284 e. The molecule has 0 aliphatic carbocycles. The summed E-state index contributed by atoms with van der Waals surface area (Å²) in [6.07, 6.45) is 1.62. The first-order valence-electron chi connectivity index (χ1n) is 2.26. The molecule has 1 rings (SSSR count). The maximum atomic E-state index is 8.97. The molecule has 1 aromatic rings. The Kier molecular flexibility index (Phi) is 2.29. The number of hydrogen-bond donors (Lipinski definition) is 1. The predicted molar refractivity (Wildman–Crippen MR) is 44.2 cm³/mol. The van der Waals surface area contributed by atoms with Crippen molar-refractivity contribution >= 4 is 38.5 Å². The highest BCUT2D eigenvalue weighted by molar-refractivity contribution is 14.1. The average Bonchev–Trinajstić information content (AvgIpc) is 1.80. The van der Waals surface area contributed by atoms with Gasteiger partial charge in [-0.2, -0.15) is 0 Å². The molecule has 9 heavy (non-hydrogen) atoms. The molecule has 0 aliphatic heterocycles. The molecule has 1 N–H and O–H groups in total. The minimum atomic E-state index is 0.655. The van der Waals surface area contributed by atoms with Crippen molar-refractivity contribution in [2.45, 2.75) is 0 Å². The van der Waals surface area contributed by atoms with E-state index in [1.807, 2.05) is 6.07 Å². The van der Waals surface area contributed by atoms with Gasteiger partial charge >= 0.3 is 0 Å². The van der Waals surface area contributed by atoms with E-state index in [9.17, 15) is 0 Å². The van der Waals surface area contributed by atoms with Crippen LogP contribution >= 0.6 is 38.5 Å². The number of aromatic nitrogens is 1. The molecule has 0 fully saturated rings. The number of nitrogens with zero attached hydrogens (tertiary/aromatic N) is 1. The summed E-state index contributed by atoms with van der Waals surface area (Å²) in [5.41, 5.74) is 0. The predicted octanol–water partition coefficient (Wildman–Crippen LogP) is 1.58. The monoisotopic (exact) mass is 300 g/mol. The standard InChI is InChI=1S/C5H4BrINO/c6-5-2-1-4(7)3-8(5)9/h1-3,9H/q+1. The van der Waals surface area contributed by atoms with Crippen LogP contribution in [-0.4, -0.2) is 5.21 Å². The second kappa shape index (κ2) is 2.83. The summed E-state index contributed by atoms with van der Waals surface area (Å²) < 4.78 is 2.68. The maximum absolute atomic E-state index is 8.97. The summed E-state index contributed by atoms with van der Waals surface area (Å²) >= 11 is 5.26. The minimum absolute atomic E-state index is 0.655. The van der Waals surface area contributed by atoms with Gasteiger partial charge in [-0.3, -0.25) is 5.21 Å².